The minimum absolute atomic E-state index is 0.0303. The van der Waals surface area contributed by atoms with Crippen molar-refractivity contribution in [2.45, 2.75) is 58.5 Å². The first-order valence-corrected chi connectivity index (χ1v) is 11.8. The van der Waals surface area contributed by atoms with Crippen molar-refractivity contribution in [3.05, 3.63) is 64.1 Å². The van der Waals surface area contributed by atoms with E-state index < -0.39 is 5.56 Å². The van der Waals surface area contributed by atoms with Gasteiger partial charge in [0.2, 0.25) is 11.8 Å². The molecule has 1 aromatic heterocycles. The highest BCUT2D eigenvalue weighted by molar-refractivity contribution is 5.91. The lowest BCUT2D eigenvalue weighted by Gasteiger charge is -2.31. The number of hydrogen-bond acceptors (Lipinski definition) is 6. The number of rotatable bonds is 14. The Hall–Kier alpha value is -3.17. The predicted molar refractivity (Wildman–Crippen MR) is 131 cm³/mol. The lowest BCUT2D eigenvalue weighted by molar-refractivity contribution is -0.121. The van der Waals surface area contributed by atoms with Gasteiger partial charge in [0.05, 0.1) is 12.3 Å². The first-order chi connectivity index (χ1) is 16.4. The number of aliphatic hydroxyl groups is 1. The van der Waals surface area contributed by atoms with Gasteiger partial charge in [-0.3, -0.25) is 19.3 Å². The Balaban J connectivity index is 1.95. The number of carbonyl (C=O) groups excluding carboxylic acids is 2. The Morgan fingerprint density at radius 3 is 2.44 bits per heavy atom. The Morgan fingerprint density at radius 2 is 1.79 bits per heavy atom. The molecule has 2 rings (SSSR count). The minimum Gasteiger partial charge on any atom is -0.425 e. The van der Waals surface area contributed by atoms with Crippen LogP contribution < -0.4 is 16.2 Å². The summed E-state index contributed by atoms with van der Waals surface area (Å²) < 4.78 is 0.713. The Bertz CT molecular complexity index is 974. The molecule has 9 nitrogen and oxygen atoms in total. The third kappa shape index (κ3) is 8.64. The maximum Gasteiger partial charge on any atom is 0.283 e. The molecule has 186 valence electrons. The number of aliphatic hydroxyl groups excluding tert-OH is 1. The summed E-state index contributed by atoms with van der Waals surface area (Å²) in [5.74, 6) is -0.479. The number of pyridine rings is 1. The minimum atomic E-state index is -0.438. The zero-order valence-electron chi connectivity index (χ0n) is 20.0. The van der Waals surface area contributed by atoms with Gasteiger partial charge < -0.3 is 20.9 Å². The van der Waals surface area contributed by atoms with E-state index in [9.17, 15) is 19.6 Å². The number of hydrogen-bond donors (Lipinski definition) is 4. The highest BCUT2D eigenvalue weighted by atomic mass is 16.5. The van der Waals surface area contributed by atoms with Gasteiger partial charge in [0, 0.05) is 43.7 Å². The van der Waals surface area contributed by atoms with Crippen LogP contribution in [0, 0.1) is 0 Å². The average molecular weight is 473 g/mol. The maximum atomic E-state index is 12.1. The summed E-state index contributed by atoms with van der Waals surface area (Å²) in [5, 5.41) is 24.2. The molecule has 0 fully saturated rings. The zero-order chi connectivity index (χ0) is 24.9. The fourth-order valence-electron chi connectivity index (χ4n) is 3.79. The van der Waals surface area contributed by atoms with Crippen LogP contribution in [0.3, 0.4) is 0 Å². The number of anilines is 1. The summed E-state index contributed by atoms with van der Waals surface area (Å²) in [6, 6.07) is 12.6. The van der Waals surface area contributed by atoms with Crippen LogP contribution in [-0.4, -0.2) is 57.5 Å². The van der Waals surface area contributed by atoms with Crippen LogP contribution in [0.1, 0.15) is 50.8 Å². The summed E-state index contributed by atoms with van der Waals surface area (Å²) in [6.07, 6.45) is 2.83. The SMILES string of the molecule is CCCN(Cc1cccc(=O)n1O)C(CC)Cc1ccc(NC(=O)CCNC(=O)CCO)cc1. The van der Waals surface area contributed by atoms with Gasteiger partial charge in [-0.15, -0.1) is 0 Å². The number of nitrogens with zero attached hydrogens (tertiary/aromatic N) is 2. The molecule has 1 aromatic carbocycles. The standard InChI is InChI=1S/C25H36N4O5/c1-3-15-28(18-22-6-5-7-25(33)29(22)34)21(4-2)17-19-8-10-20(11-9-19)27-24(32)12-14-26-23(31)13-16-30/h5-11,21,30,34H,3-4,12-18H2,1-2H3,(H,26,31)(H,27,32). The lowest BCUT2D eigenvalue weighted by atomic mass is 10.0. The Morgan fingerprint density at radius 1 is 1.06 bits per heavy atom. The van der Waals surface area contributed by atoms with Gasteiger partial charge in [-0.05, 0) is 49.6 Å². The normalized spacial score (nSPS) is 11.9. The van der Waals surface area contributed by atoms with Gasteiger partial charge in [-0.25, -0.2) is 0 Å². The molecular weight excluding hydrogens is 436 g/mol. The van der Waals surface area contributed by atoms with Gasteiger partial charge >= 0.3 is 0 Å². The summed E-state index contributed by atoms with van der Waals surface area (Å²) in [5.41, 5.74) is 1.93. The van der Waals surface area contributed by atoms with Crippen LogP contribution in [0.25, 0.3) is 0 Å². The number of carbonyl (C=O) groups is 2. The van der Waals surface area contributed by atoms with Crippen LogP contribution in [0.2, 0.25) is 0 Å². The molecule has 0 bridgehead atoms. The molecule has 0 saturated heterocycles. The molecule has 1 unspecified atom stereocenters. The third-order valence-corrected chi connectivity index (χ3v) is 5.59. The number of nitrogens with one attached hydrogen (secondary N) is 2. The van der Waals surface area contributed by atoms with Crippen molar-refractivity contribution in [1.29, 1.82) is 0 Å². The van der Waals surface area contributed by atoms with E-state index in [0.717, 1.165) is 31.4 Å². The second kappa shape index (κ2) is 14.2. The van der Waals surface area contributed by atoms with E-state index in [-0.39, 0.29) is 43.8 Å². The topological polar surface area (TPSA) is 124 Å². The molecule has 2 aromatic rings. The van der Waals surface area contributed by atoms with E-state index in [1.165, 1.54) is 6.07 Å². The van der Waals surface area contributed by atoms with Crippen molar-refractivity contribution in [2.24, 2.45) is 0 Å². The maximum absolute atomic E-state index is 12.1. The van der Waals surface area contributed by atoms with Crippen LogP contribution >= 0.6 is 0 Å². The smallest absolute Gasteiger partial charge is 0.283 e. The molecule has 0 saturated carbocycles. The van der Waals surface area contributed by atoms with Gasteiger partial charge in [0.15, 0.2) is 0 Å². The Labute approximate surface area is 200 Å². The van der Waals surface area contributed by atoms with Crippen molar-refractivity contribution in [3.8, 4) is 0 Å². The van der Waals surface area contributed by atoms with Crippen LogP contribution in [-0.2, 0) is 22.6 Å². The van der Waals surface area contributed by atoms with Crippen LogP contribution in [0.5, 0.6) is 0 Å². The van der Waals surface area contributed by atoms with Crippen molar-refractivity contribution in [1.82, 2.24) is 14.9 Å². The molecule has 9 heteroatoms. The average Bonchev–Trinajstić information content (AvgIpc) is 2.81. The van der Waals surface area contributed by atoms with Crippen molar-refractivity contribution >= 4 is 17.5 Å². The molecule has 0 aliphatic carbocycles. The summed E-state index contributed by atoms with van der Waals surface area (Å²) in [4.78, 5) is 37.5. The molecule has 0 aliphatic heterocycles. The van der Waals surface area contributed by atoms with Crippen LogP contribution in [0.15, 0.2) is 47.3 Å². The largest absolute Gasteiger partial charge is 0.425 e. The van der Waals surface area contributed by atoms with E-state index in [1.807, 2.05) is 24.3 Å². The van der Waals surface area contributed by atoms with Crippen molar-refractivity contribution in [2.75, 3.05) is 25.0 Å². The van der Waals surface area contributed by atoms with Gasteiger partial charge in [-0.1, -0.05) is 32.0 Å². The summed E-state index contributed by atoms with van der Waals surface area (Å²) >= 11 is 0. The molecule has 1 heterocycles. The molecular formula is C25H36N4O5. The number of benzene rings is 1. The molecule has 0 spiro atoms. The first kappa shape index (κ1) is 27.1. The number of amides is 2. The molecule has 0 radical (unpaired) electrons. The monoisotopic (exact) mass is 472 g/mol. The first-order valence-electron chi connectivity index (χ1n) is 11.8. The van der Waals surface area contributed by atoms with E-state index in [2.05, 4.69) is 29.4 Å². The second-order valence-electron chi connectivity index (χ2n) is 8.22. The molecule has 1 atom stereocenters. The highest BCUT2D eigenvalue weighted by Gasteiger charge is 2.19. The fourth-order valence-corrected chi connectivity index (χ4v) is 3.79. The second-order valence-corrected chi connectivity index (χ2v) is 8.22. The quantitative estimate of drug-likeness (QED) is 0.312. The van der Waals surface area contributed by atoms with E-state index >= 15 is 0 Å². The van der Waals surface area contributed by atoms with Gasteiger partial charge in [0.25, 0.3) is 5.56 Å². The fraction of sp³-hybridized carbons (Fsp3) is 0.480. The van der Waals surface area contributed by atoms with Crippen LogP contribution in [0.4, 0.5) is 5.69 Å². The van der Waals surface area contributed by atoms with Crippen molar-refractivity contribution < 1.29 is 19.9 Å². The lowest BCUT2D eigenvalue weighted by Crippen LogP contribution is -2.38. The summed E-state index contributed by atoms with van der Waals surface area (Å²) in [7, 11) is 0. The highest BCUT2D eigenvalue weighted by Crippen LogP contribution is 2.18. The summed E-state index contributed by atoms with van der Waals surface area (Å²) in [6.45, 7) is 5.54. The molecule has 0 aliphatic rings. The van der Waals surface area contributed by atoms with E-state index in [1.54, 1.807) is 12.1 Å². The van der Waals surface area contributed by atoms with E-state index in [0.29, 0.717) is 22.7 Å². The van der Waals surface area contributed by atoms with Gasteiger partial charge in [0.1, 0.15) is 0 Å². The van der Waals surface area contributed by atoms with Crippen molar-refractivity contribution in [3.63, 3.8) is 0 Å². The molecule has 4 N–H and O–H groups in total. The molecule has 34 heavy (non-hydrogen) atoms. The number of aromatic nitrogens is 1. The molecule has 2 amide bonds. The predicted octanol–water partition coefficient (Wildman–Crippen LogP) is 2.15. The Kier molecular flexibility index (Phi) is 11.3. The zero-order valence-corrected chi connectivity index (χ0v) is 20.0. The van der Waals surface area contributed by atoms with E-state index in [4.69, 9.17) is 5.11 Å². The van der Waals surface area contributed by atoms with Gasteiger partial charge in [-0.2, -0.15) is 4.73 Å². The third-order valence-electron chi connectivity index (χ3n) is 5.59.